The molecule has 1 N–H and O–H groups in total. The molecule has 3 aromatic rings. The van der Waals surface area contributed by atoms with Crippen molar-refractivity contribution in [3.05, 3.63) is 49.1 Å². The van der Waals surface area contributed by atoms with Gasteiger partial charge < -0.3 is 8.94 Å². The molecule has 3 rings (SSSR count). The topological polar surface area (TPSA) is 98.2 Å². The van der Waals surface area contributed by atoms with Gasteiger partial charge in [0.1, 0.15) is 18.2 Å². The van der Waals surface area contributed by atoms with E-state index in [4.69, 9.17) is 8.94 Å². The summed E-state index contributed by atoms with van der Waals surface area (Å²) in [6.45, 7) is 0. The van der Waals surface area contributed by atoms with Gasteiger partial charge in [0.05, 0.1) is 11.1 Å². The predicted octanol–water partition coefficient (Wildman–Crippen LogP) is 2.13. The van der Waals surface area contributed by atoms with Crippen LogP contribution in [0.4, 0.5) is 6.01 Å². The number of anilines is 1. The van der Waals surface area contributed by atoms with E-state index in [1.54, 1.807) is 18.2 Å². The maximum atomic E-state index is 12.1. The Kier molecular flexibility index (Phi) is 2.99. The number of hydrogen-bond acceptors (Lipinski definition) is 6. The molecule has 0 aliphatic heterocycles. The summed E-state index contributed by atoms with van der Waals surface area (Å²) in [4.78, 5) is 3.81. The summed E-state index contributed by atoms with van der Waals surface area (Å²) in [5, 5.41) is 3.77. The van der Waals surface area contributed by atoms with Crippen LogP contribution in [0.2, 0.25) is 0 Å². The highest BCUT2D eigenvalue weighted by atomic mass is 32.2. The maximum absolute atomic E-state index is 12.1. The van der Waals surface area contributed by atoms with Crippen molar-refractivity contribution in [1.29, 1.82) is 0 Å². The van der Waals surface area contributed by atoms with Crippen LogP contribution in [0.5, 0.6) is 0 Å². The summed E-state index contributed by atoms with van der Waals surface area (Å²) < 4.78 is 35.9. The van der Waals surface area contributed by atoms with Gasteiger partial charge in [0.2, 0.25) is 0 Å². The molecule has 0 amide bonds. The van der Waals surface area contributed by atoms with E-state index in [1.807, 2.05) is 0 Å². The molecule has 0 aliphatic rings. The normalized spacial score (nSPS) is 11.4. The fourth-order valence-corrected chi connectivity index (χ4v) is 2.56. The number of rotatable bonds is 4. The quantitative estimate of drug-likeness (QED) is 0.790. The number of oxazole rings is 1. The van der Waals surface area contributed by atoms with Crippen LogP contribution in [0.25, 0.3) is 11.3 Å². The third-order valence-corrected chi connectivity index (χ3v) is 3.89. The number of nitrogens with one attached hydrogen (secondary N) is 1. The molecule has 2 heterocycles. The van der Waals surface area contributed by atoms with Crippen LogP contribution in [-0.4, -0.2) is 18.6 Å². The Morgan fingerprint density at radius 3 is 2.45 bits per heavy atom. The number of sulfonamides is 1. The Bertz CT molecular complexity index is 778. The Hall–Kier alpha value is -2.61. The van der Waals surface area contributed by atoms with Crippen LogP contribution in [-0.2, 0) is 10.0 Å². The van der Waals surface area contributed by atoms with Crippen molar-refractivity contribution in [3.63, 3.8) is 0 Å². The van der Waals surface area contributed by atoms with Crippen molar-refractivity contribution in [2.24, 2.45) is 0 Å². The lowest BCUT2D eigenvalue weighted by Gasteiger charge is -2.04. The molecule has 1 aromatic carbocycles. The molecule has 0 aliphatic carbocycles. The summed E-state index contributed by atoms with van der Waals surface area (Å²) in [7, 11) is -3.72. The number of hydrogen-bond donors (Lipinski definition) is 1. The minimum absolute atomic E-state index is 0.0782. The minimum Gasteiger partial charge on any atom is -0.432 e. The molecule has 0 atom stereocenters. The zero-order chi connectivity index (χ0) is 14.0. The molecular weight excluding hydrogens is 282 g/mol. The Balaban J connectivity index is 1.87. The van der Waals surface area contributed by atoms with Crippen LogP contribution >= 0.6 is 0 Å². The van der Waals surface area contributed by atoms with E-state index in [2.05, 4.69) is 14.9 Å². The average molecular weight is 291 g/mol. The van der Waals surface area contributed by atoms with E-state index < -0.39 is 10.0 Å². The second kappa shape index (κ2) is 4.82. The van der Waals surface area contributed by atoms with Gasteiger partial charge in [0, 0.05) is 11.6 Å². The van der Waals surface area contributed by atoms with Crippen molar-refractivity contribution < 1.29 is 17.4 Å². The van der Waals surface area contributed by atoms with Gasteiger partial charge in [-0.2, -0.15) is 0 Å². The zero-order valence-corrected chi connectivity index (χ0v) is 10.9. The highest BCUT2D eigenvalue weighted by Gasteiger charge is 2.16. The molecule has 0 radical (unpaired) electrons. The fourth-order valence-electron chi connectivity index (χ4n) is 1.61. The third kappa shape index (κ3) is 2.41. The van der Waals surface area contributed by atoms with Crippen LogP contribution in [0.1, 0.15) is 0 Å². The van der Waals surface area contributed by atoms with Crippen LogP contribution in [0.3, 0.4) is 0 Å². The van der Waals surface area contributed by atoms with Gasteiger partial charge in [-0.15, -0.1) is 0 Å². The first-order valence-electron chi connectivity index (χ1n) is 5.58. The van der Waals surface area contributed by atoms with Gasteiger partial charge in [-0.25, -0.2) is 18.1 Å². The molecule has 8 heteroatoms. The minimum atomic E-state index is -3.72. The average Bonchev–Trinajstić information content (AvgIpc) is 3.11. The smallest absolute Gasteiger partial charge is 0.308 e. The van der Waals surface area contributed by atoms with Crippen molar-refractivity contribution in [3.8, 4) is 11.3 Å². The highest BCUT2D eigenvalue weighted by Crippen LogP contribution is 2.20. The van der Waals surface area contributed by atoms with E-state index in [1.165, 1.54) is 30.9 Å². The zero-order valence-electron chi connectivity index (χ0n) is 10.1. The summed E-state index contributed by atoms with van der Waals surface area (Å²) in [5.41, 5.74) is 1.39. The Morgan fingerprint density at radius 1 is 1.05 bits per heavy atom. The van der Waals surface area contributed by atoms with Gasteiger partial charge in [0.25, 0.3) is 10.0 Å². The first-order chi connectivity index (χ1) is 9.65. The Labute approximate surface area is 114 Å². The molecule has 0 unspecified atom stereocenters. The first-order valence-corrected chi connectivity index (χ1v) is 7.06. The number of aromatic nitrogens is 2. The lowest BCUT2D eigenvalue weighted by molar-refractivity contribution is 0.422. The van der Waals surface area contributed by atoms with E-state index in [-0.39, 0.29) is 10.9 Å². The summed E-state index contributed by atoms with van der Waals surface area (Å²) >= 11 is 0. The SMILES string of the molecule is O=S(=O)(Nc1ncco1)c1ccc(-c2ccon2)cc1. The molecule has 2 aromatic heterocycles. The first kappa shape index (κ1) is 12.4. The molecule has 7 nitrogen and oxygen atoms in total. The van der Waals surface area contributed by atoms with Gasteiger partial charge in [0.15, 0.2) is 0 Å². The Morgan fingerprint density at radius 2 is 1.85 bits per heavy atom. The summed E-state index contributed by atoms with van der Waals surface area (Å²) in [6.07, 6.45) is 4.08. The predicted molar refractivity (Wildman–Crippen MR) is 69.3 cm³/mol. The second-order valence-electron chi connectivity index (χ2n) is 3.85. The van der Waals surface area contributed by atoms with E-state index in [0.29, 0.717) is 5.69 Å². The van der Waals surface area contributed by atoms with Crippen molar-refractivity contribution in [2.75, 3.05) is 4.72 Å². The maximum Gasteiger partial charge on any atom is 0.308 e. The van der Waals surface area contributed by atoms with Gasteiger partial charge in [-0.05, 0) is 12.1 Å². The molecule has 0 bridgehead atoms. The summed E-state index contributed by atoms with van der Waals surface area (Å²) in [6, 6.07) is 7.83. The van der Waals surface area contributed by atoms with Crippen LogP contribution in [0.15, 0.2) is 62.9 Å². The van der Waals surface area contributed by atoms with E-state index in [0.717, 1.165) is 5.56 Å². The fraction of sp³-hybridized carbons (Fsp3) is 0. The lowest BCUT2D eigenvalue weighted by Crippen LogP contribution is -2.12. The van der Waals surface area contributed by atoms with Gasteiger partial charge >= 0.3 is 6.01 Å². The van der Waals surface area contributed by atoms with Gasteiger partial charge in [-0.3, -0.25) is 0 Å². The standard InChI is InChI=1S/C12H9N3O4S/c16-20(17,15-12-13-6-8-18-12)10-3-1-9(2-4-10)11-5-7-19-14-11/h1-8H,(H,13,15). The summed E-state index contributed by atoms with van der Waals surface area (Å²) in [5.74, 6) is 0. The molecule has 0 fully saturated rings. The largest absolute Gasteiger partial charge is 0.432 e. The molecular formula is C12H9N3O4S. The molecule has 0 saturated carbocycles. The highest BCUT2D eigenvalue weighted by molar-refractivity contribution is 7.92. The van der Waals surface area contributed by atoms with E-state index >= 15 is 0 Å². The van der Waals surface area contributed by atoms with E-state index in [9.17, 15) is 8.42 Å². The molecule has 0 saturated heterocycles. The van der Waals surface area contributed by atoms with Crippen molar-refractivity contribution in [1.82, 2.24) is 10.1 Å². The second-order valence-corrected chi connectivity index (χ2v) is 5.53. The lowest BCUT2D eigenvalue weighted by atomic mass is 10.2. The van der Waals surface area contributed by atoms with Crippen molar-refractivity contribution >= 4 is 16.0 Å². The van der Waals surface area contributed by atoms with Crippen LogP contribution in [0, 0.1) is 0 Å². The molecule has 20 heavy (non-hydrogen) atoms. The molecule has 102 valence electrons. The molecule has 0 spiro atoms. The monoisotopic (exact) mass is 291 g/mol. The third-order valence-electron chi connectivity index (χ3n) is 2.55. The number of nitrogens with zero attached hydrogens (tertiary/aromatic N) is 2. The van der Waals surface area contributed by atoms with Crippen molar-refractivity contribution in [2.45, 2.75) is 4.90 Å². The number of benzene rings is 1. The van der Waals surface area contributed by atoms with Crippen LogP contribution < -0.4 is 4.72 Å². The van der Waals surface area contributed by atoms with Gasteiger partial charge in [-0.1, -0.05) is 17.3 Å².